The number of benzene rings is 1. The van der Waals surface area contributed by atoms with Crippen LogP contribution in [0.4, 0.5) is 11.4 Å². The largest absolute Gasteiger partial charge is 0.459 e. The number of amides is 1. The average molecular weight is 335 g/mol. The Hall–Kier alpha value is -2.64. The van der Waals surface area contributed by atoms with Gasteiger partial charge in [0.2, 0.25) is 0 Å². The molecule has 1 fully saturated rings. The Morgan fingerprint density at radius 3 is 2.54 bits per heavy atom. The molecule has 0 unspecified atom stereocenters. The van der Waals surface area contributed by atoms with Gasteiger partial charge >= 0.3 is 5.97 Å². The molecule has 0 saturated heterocycles. The fraction of sp³-hybridized carbons (Fsp3) is 0.500. The third kappa shape index (κ3) is 5.22. The Labute approximate surface area is 139 Å². The topological polar surface area (TPSA) is 111 Å². The van der Waals surface area contributed by atoms with E-state index in [1.165, 1.54) is 18.2 Å². The van der Waals surface area contributed by atoms with E-state index >= 15 is 0 Å². The first kappa shape index (κ1) is 17.7. The summed E-state index contributed by atoms with van der Waals surface area (Å²) in [5, 5.41) is 16.6. The summed E-state index contributed by atoms with van der Waals surface area (Å²) in [6.07, 6.45) is 1.96. The van der Waals surface area contributed by atoms with Crippen molar-refractivity contribution in [1.29, 1.82) is 0 Å². The highest BCUT2D eigenvalue weighted by Crippen LogP contribution is 2.31. The van der Waals surface area contributed by atoms with Crippen molar-refractivity contribution in [2.45, 2.75) is 45.3 Å². The number of hydrogen-bond donors (Lipinski definition) is 2. The number of ether oxygens (including phenoxy) is 1. The van der Waals surface area contributed by atoms with Gasteiger partial charge in [-0.3, -0.25) is 19.7 Å². The van der Waals surface area contributed by atoms with Crippen LogP contribution in [-0.2, 0) is 9.53 Å². The second-order valence-electron chi connectivity index (χ2n) is 6.68. The van der Waals surface area contributed by atoms with Gasteiger partial charge in [-0.2, -0.15) is 0 Å². The minimum atomic E-state index is -0.642. The lowest BCUT2D eigenvalue weighted by molar-refractivity contribution is -0.384. The van der Waals surface area contributed by atoms with Gasteiger partial charge in [0.05, 0.1) is 4.92 Å². The molecule has 24 heavy (non-hydrogen) atoms. The summed E-state index contributed by atoms with van der Waals surface area (Å²) in [7, 11) is 0. The van der Waals surface area contributed by atoms with E-state index in [1.807, 2.05) is 0 Å². The Kier molecular flexibility index (Phi) is 5.06. The van der Waals surface area contributed by atoms with Gasteiger partial charge in [-0.1, -0.05) is 0 Å². The van der Waals surface area contributed by atoms with Crippen molar-refractivity contribution >= 4 is 23.3 Å². The van der Waals surface area contributed by atoms with E-state index < -0.39 is 22.4 Å². The monoisotopic (exact) mass is 335 g/mol. The lowest BCUT2D eigenvalue weighted by Gasteiger charge is -2.19. The van der Waals surface area contributed by atoms with E-state index in [0.717, 1.165) is 12.8 Å². The van der Waals surface area contributed by atoms with Crippen LogP contribution in [0.25, 0.3) is 0 Å². The Bertz CT molecular complexity index is 662. The maximum atomic E-state index is 12.1. The highest BCUT2D eigenvalue weighted by molar-refractivity contribution is 5.97. The number of nitrogens with zero attached hydrogens (tertiary/aromatic N) is 1. The van der Waals surface area contributed by atoms with E-state index in [4.69, 9.17) is 4.74 Å². The van der Waals surface area contributed by atoms with Crippen LogP contribution >= 0.6 is 0 Å². The molecule has 1 aliphatic carbocycles. The van der Waals surface area contributed by atoms with E-state index in [9.17, 15) is 19.7 Å². The first-order chi connectivity index (χ1) is 11.2. The van der Waals surface area contributed by atoms with Gasteiger partial charge in [0.15, 0.2) is 0 Å². The first-order valence-corrected chi connectivity index (χ1v) is 7.71. The van der Waals surface area contributed by atoms with Crippen molar-refractivity contribution in [1.82, 2.24) is 5.32 Å². The minimum absolute atomic E-state index is 0.117. The molecule has 130 valence electrons. The Morgan fingerprint density at radius 1 is 1.33 bits per heavy atom. The number of hydrogen-bond acceptors (Lipinski definition) is 6. The predicted octanol–water partition coefficient (Wildman–Crippen LogP) is 2.24. The van der Waals surface area contributed by atoms with Crippen molar-refractivity contribution in [3.05, 3.63) is 33.9 Å². The van der Waals surface area contributed by atoms with Crippen molar-refractivity contribution in [3.8, 4) is 0 Å². The van der Waals surface area contributed by atoms with E-state index in [-0.39, 0.29) is 23.8 Å². The maximum absolute atomic E-state index is 12.1. The summed E-state index contributed by atoms with van der Waals surface area (Å²) < 4.78 is 5.08. The molecule has 0 aromatic heterocycles. The van der Waals surface area contributed by atoms with Gasteiger partial charge in [0.25, 0.3) is 11.6 Å². The fourth-order valence-corrected chi connectivity index (χ4v) is 2.03. The summed E-state index contributed by atoms with van der Waals surface area (Å²) in [6.45, 7) is 4.87. The van der Waals surface area contributed by atoms with Gasteiger partial charge in [-0.15, -0.1) is 0 Å². The normalized spacial score (nSPS) is 14.0. The zero-order chi connectivity index (χ0) is 17.9. The number of carbonyl (C=O) groups is 2. The number of nitro benzene ring substituents is 1. The lowest BCUT2D eigenvalue weighted by Crippen LogP contribution is -2.34. The van der Waals surface area contributed by atoms with Gasteiger partial charge in [0.1, 0.15) is 17.8 Å². The molecule has 1 amide bonds. The smallest absolute Gasteiger partial charge is 0.325 e. The number of nitro groups is 1. The molecule has 0 bridgehead atoms. The van der Waals surface area contributed by atoms with Crippen LogP contribution in [0.1, 0.15) is 44.0 Å². The molecule has 0 heterocycles. The number of rotatable bonds is 6. The van der Waals surface area contributed by atoms with Crippen LogP contribution in [0.2, 0.25) is 0 Å². The lowest BCUT2D eigenvalue weighted by atomic mass is 10.1. The third-order valence-corrected chi connectivity index (χ3v) is 3.21. The average Bonchev–Trinajstić information content (AvgIpc) is 3.27. The van der Waals surface area contributed by atoms with E-state index in [1.54, 1.807) is 20.8 Å². The highest BCUT2D eigenvalue weighted by atomic mass is 16.6. The van der Waals surface area contributed by atoms with Gasteiger partial charge in [-0.25, -0.2) is 0 Å². The van der Waals surface area contributed by atoms with Crippen LogP contribution in [0, 0.1) is 10.1 Å². The molecule has 0 spiro atoms. The maximum Gasteiger partial charge on any atom is 0.325 e. The predicted molar refractivity (Wildman–Crippen MR) is 87.9 cm³/mol. The summed E-state index contributed by atoms with van der Waals surface area (Å²) >= 11 is 0. The van der Waals surface area contributed by atoms with Crippen LogP contribution in [0.5, 0.6) is 0 Å². The molecule has 8 nitrogen and oxygen atoms in total. The van der Waals surface area contributed by atoms with Crippen LogP contribution < -0.4 is 10.6 Å². The standard InChI is InChI=1S/C16H21N3O5/c1-16(2,3)24-14(20)9-17-15(21)10-4-7-12(18-11-5-6-11)13(8-10)19(22)23/h4,7-8,11,18H,5-6,9H2,1-3H3,(H,17,21). The third-order valence-electron chi connectivity index (χ3n) is 3.21. The highest BCUT2D eigenvalue weighted by Gasteiger charge is 2.25. The zero-order valence-corrected chi connectivity index (χ0v) is 13.9. The van der Waals surface area contributed by atoms with Crippen LogP contribution in [-0.4, -0.2) is 35.0 Å². The van der Waals surface area contributed by atoms with Crippen molar-refractivity contribution in [2.75, 3.05) is 11.9 Å². The Balaban J connectivity index is 2.02. The number of esters is 1. The number of nitrogens with one attached hydrogen (secondary N) is 2. The molecule has 1 aromatic carbocycles. The molecule has 0 radical (unpaired) electrons. The SMILES string of the molecule is CC(C)(C)OC(=O)CNC(=O)c1ccc(NC2CC2)c([N+](=O)[O-])c1. The first-order valence-electron chi connectivity index (χ1n) is 7.71. The quantitative estimate of drug-likeness (QED) is 0.468. The summed E-state index contributed by atoms with van der Waals surface area (Å²) in [5.41, 5.74) is -0.291. The van der Waals surface area contributed by atoms with Gasteiger partial charge in [0, 0.05) is 17.7 Å². The molecule has 1 aromatic rings. The summed E-state index contributed by atoms with van der Waals surface area (Å²) in [5.74, 6) is -1.14. The molecule has 2 N–H and O–H groups in total. The second kappa shape index (κ2) is 6.86. The molecule has 0 atom stereocenters. The van der Waals surface area contributed by atoms with Gasteiger partial charge < -0.3 is 15.4 Å². The van der Waals surface area contributed by atoms with E-state index in [2.05, 4.69) is 10.6 Å². The van der Waals surface area contributed by atoms with Gasteiger partial charge in [-0.05, 0) is 45.7 Å². The van der Waals surface area contributed by atoms with Crippen molar-refractivity contribution < 1.29 is 19.2 Å². The van der Waals surface area contributed by atoms with Crippen molar-refractivity contribution in [3.63, 3.8) is 0 Å². The minimum Gasteiger partial charge on any atom is -0.459 e. The molecule has 2 rings (SSSR count). The second-order valence-corrected chi connectivity index (χ2v) is 6.68. The molecule has 8 heteroatoms. The van der Waals surface area contributed by atoms with Crippen LogP contribution in [0.3, 0.4) is 0 Å². The summed E-state index contributed by atoms with van der Waals surface area (Å²) in [4.78, 5) is 34.3. The van der Waals surface area contributed by atoms with Crippen LogP contribution in [0.15, 0.2) is 18.2 Å². The summed E-state index contributed by atoms with van der Waals surface area (Å²) in [6, 6.07) is 4.46. The molecular weight excluding hydrogens is 314 g/mol. The fourth-order valence-electron chi connectivity index (χ4n) is 2.03. The molecule has 1 saturated carbocycles. The molecule has 1 aliphatic rings. The zero-order valence-electron chi connectivity index (χ0n) is 13.9. The Morgan fingerprint density at radius 2 is 2.00 bits per heavy atom. The van der Waals surface area contributed by atoms with Crippen molar-refractivity contribution in [2.24, 2.45) is 0 Å². The van der Waals surface area contributed by atoms with E-state index in [0.29, 0.717) is 5.69 Å². The number of carbonyl (C=O) groups excluding carboxylic acids is 2. The number of anilines is 1. The molecule has 0 aliphatic heterocycles. The molecular formula is C16H21N3O5.